The van der Waals surface area contributed by atoms with E-state index in [-0.39, 0.29) is 0 Å². The van der Waals surface area contributed by atoms with Crippen LogP contribution in [0, 0.1) is 5.92 Å². The highest BCUT2D eigenvalue weighted by molar-refractivity contribution is 6.70. The van der Waals surface area contributed by atoms with Gasteiger partial charge in [-0.1, -0.05) is 60.7 Å². The molecule has 0 aliphatic rings. The minimum absolute atomic E-state index is 0.440. The fourth-order valence-electron chi connectivity index (χ4n) is 3.99. The summed E-state index contributed by atoms with van der Waals surface area (Å²) in [6.07, 6.45) is 8.65. The summed E-state index contributed by atoms with van der Waals surface area (Å²) >= 11 is 0. The van der Waals surface area contributed by atoms with Gasteiger partial charge in [-0.3, -0.25) is 0 Å². The molecule has 0 saturated carbocycles. The van der Waals surface area contributed by atoms with E-state index in [0.29, 0.717) is 5.92 Å². The number of rotatable bonds is 13. The van der Waals surface area contributed by atoms with Gasteiger partial charge in [-0.05, 0) is 82.3 Å². The van der Waals surface area contributed by atoms with Crippen molar-refractivity contribution in [3.05, 3.63) is 83.6 Å². The Kier molecular flexibility index (Phi) is 10.7. The molecule has 1 unspecified atom stereocenters. The Morgan fingerprint density at radius 3 is 2.12 bits per heavy atom. The zero-order valence-corrected chi connectivity index (χ0v) is 22.0. The lowest BCUT2D eigenvalue weighted by Gasteiger charge is -2.22. The fraction of sp³-hybridized carbons (Fsp3) is 0.464. The number of hydrogen-bond acceptors (Lipinski definition) is 3. The summed E-state index contributed by atoms with van der Waals surface area (Å²) in [6, 6.07) is 21.6. The van der Waals surface area contributed by atoms with Crippen LogP contribution in [0.4, 0.5) is 0 Å². The van der Waals surface area contributed by atoms with E-state index in [9.17, 15) is 0 Å². The monoisotopic (exact) mass is 450 g/mol. The highest BCUT2D eigenvalue weighted by atomic mass is 28.4. The molecule has 1 atom stereocenters. The number of allylic oxidation sites excluding steroid dienone is 2. The molecule has 2 aromatic carbocycles. The Morgan fingerprint density at radius 2 is 1.56 bits per heavy atom. The van der Waals surface area contributed by atoms with Crippen molar-refractivity contribution in [3.63, 3.8) is 0 Å². The molecule has 0 spiro atoms. The summed E-state index contributed by atoms with van der Waals surface area (Å²) in [4.78, 5) is 0. The van der Waals surface area contributed by atoms with E-state index in [1.807, 2.05) is 19.1 Å². The van der Waals surface area contributed by atoms with E-state index in [2.05, 4.69) is 93.3 Å². The Labute approximate surface area is 197 Å². The molecule has 2 aromatic rings. The van der Waals surface area contributed by atoms with Crippen molar-refractivity contribution >= 4 is 14.0 Å². The molecule has 0 aliphatic carbocycles. The molecule has 0 heterocycles. The van der Waals surface area contributed by atoms with Crippen molar-refractivity contribution in [1.29, 1.82) is 0 Å². The molecule has 4 heteroatoms. The maximum atomic E-state index is 6.10. The first-order chi connectivity index (χ1) is 15.2. The van der Waals surface area contributed by atoms with Crippen molar-refractivity contribution in [2.45, 2.75) is 65.1 Å². The van der Waals surface area contributed by atoms with Gasteiger partial charge in [0.2, 0.25) is 8.32 Å². The molecule has 0 radical (unpaired) electrons. The van der Waals surface area contributed by atoms with Gasteiger partial charge in [-0.15, -0.1) is 0 Å². The second kappa shape index (κ2) is 13.3. The van der Waals surface area contributed by atoms with Crippen LogP contribution in [0.5, 0.6) is 0 Å². The lowest BCUT2D eigenvalue weighted by molar-refractivity contribution is 0.419. The van der Waals surface area contributed by atoms with E-state index in [1.54, 1.807) is 0 Å². The number of aryl methyl sites for hydroxylation is 1. The van der Waals surface area contributed by atoms with E-state index >= 15 is 0 Å². The summed E-state index contributed by atoms with van der Waals surface area (Å²) in [5.41, 5.74) is 4.07. The van der Waals surface area contributed by atoms with Gasteiger partial charge in [0.1, 0.15) is 0 Å². The van der Waals surface area contributed by atoms with E-state index in [1.165, 1.54) is 16.8 Å². The van der Waals surface area contributed by atoms with Crippen LogP contribution in [0.25, 0.3) is 0 Å². The first-order valence-corrected chi connectivity index (χ1v) is 15.3. The Bertz CT molecular complexity index is 839. The van der Waals surface area contributed by atoms with Crippen molar-refractivity contribution in [2.75, 3.05) is 14.1 Å². The standard InChI is InChI=1S/C28H42N2OSi/c1-24(31-32(4,5)6)15-13-14-20-27(23-26-18-11-8-12-19-26)28(29-30(2)3)22-21-25-16-9-7-10-17-25/h7-12,15-19,27H,13-14,20-23H2,1-6H3/b24-15+,29-28-. The number of nitrogens with zero attached hydrogens (tertiary/aromatic N) is 2. The first kappa shape index (κ1) is 25.9. The molecule has 0 saturated heterocycles. The fourth-order valence-corrected chi connectivity index (χ4v) is 5.04. The smallest absolute Gasteiger partial charge is 0.241 e. The molecule has 0 aromatic heterocycles. The van der Waals surface area contributed by atoms with Gasteiger partial charge in [-0.25, -0.2) is 0 Å². The SMILES string of the molecule is C/C(=C\CCCC(Cc1ccccc1)/C(CCc1ccccc1)=N\N(C)C)O[Si](C)(C)C. The summed E-state index contributed by atoms with van der Waals surface area (Å²) in [5.74, 6) is 1.52. The van der Waals surface area contributed by atoms with Crippen LogP contribution in [0.15, 0.2) is 77.6 Å². The average molecular weight is 451 g/mol. The second-order valence-electron chi connectivity index (χ2n) is 9.77. The molecule has 2 rings (SSSR count). The number of unbranched alkanes of at least 4 members (excludes halogenated alkanes) is 1. The average Bonchev–Trinajstić information content (AvgIpc) is 2.73. The predicted molar refractivity (Wildman–Crippen MR) is 142 cm³/mol. The molecule has 0 N–H and O–H groups in total. The summed E-state index contributed by atoms with van der Waals surface area (Å²) in [7, 11) is 2.53. The predicted octanol–water partition coefficient (Wildman–Crippen LogP) is 7.32. The van der Waals surface area contributed by atoms with E-state index in [4.69, 9.17) is 9.53 Å². The lowest BCUT2D eigenvalue weighted by Crippen LogP contribution is -2.24. The summed E-state index contributed by atoms with van der Waals surface area (Å²) in [6.45, 7) is 8.80. The number of hydrazone groups is 1. The maximum Gasteiger partial charge on any atom is 0.241 e. The first-order valence-electron chi connectivity index (χ1n) is 11.9. The third-order valence-electron chi connectivity index (χ3n) is 5.29. The highest BCUT2D eigenvalue weighted by Crippen LogP contribution is 2.22. The maximum absolute atomic E-state index is 6.10. The summed E-state index contributed by atoms with van der Waals surface area (Å²) < 4.78 is 6.10. The van der Waals surface area contributed by atoms with Gasteiger partial charge in [0, 0.05) is 25.7 Å². The number of hydrogen-bond donors (Lipinski definition) is 0. The zero-order valence-electron chi connectivity index (χ0n) is 21.0. The second-order valence-corrected chi connectivity index (χ2v) is 14.2. The molecular weight excluding hydrogens is 408 g/mol. The van der Waals surface area contributed by atoms with Crippen molar-refractivity contribution in [2.24, 2.45) is 11.0 Å². The van der Waals surface area contributed by atoms with Crippen molar-refractivity contribution in [1.82, 2.24) is 5.01 Å². The van der Waals surface area contributed by atoms with Gasteiger partial charge < -0.3 is 9.43 Å². The van der Waals surface area contributed by atoms with E-state index in [0.717, 1.165) is 44.3 Å². The molecule has 0 bridgehead atoms. The van der Waals surface area contributed by atoms with Crippen molar-refractivity contribution < 1.29 is 4.43 Å². The zero-order chi connectivity index (χ0) is 23.4. The molecule has 3 nitrogen and oxygen atoms in total. The molecular formula is C28H42N2OSi. The highest BCUT2D eigenvalue weighted by Gasteiger charge is 2.18. The van der Waals surface area contributed by atoms with Crippen LogP contribution in [0.2, 0.25) is 19.6 Å². The lowest BCUT2D eigenvalue weighted by atomic mass is 9.87. The molecule has 0 amide bonds. The largest absolute Gasteiger partial charge is 0.548 e. The van der Waals surface area contributed by atoms with Crippen LogP contribution in [0.3, 0.4) is 0 Å². The van der Waals surface area contributed by atoms with Gasteiger partial charge >= 0.3 is 0 Å². The van der Waals surface area contributed by atoms with Gasteiger partial charge in [0.05, 0.1) is 5.76 Å². The topological polar surface area (TPSA) is 24.8 Å². The third kappa shape index (κ3) is 10.8. The van der Waals surface area contributed by atoms with Crippen LogP contribution in [0.1, 0.15) is 43.7 Å². The molecule has 32 heavy (non-hydrogen) atoms. The van der Waals surface area contributed by atoms with Crippen LogP contribution < -0.4 is 0 Å². The summed E-state index contributed by atoms with van der Waals surface area (Å²) in [5, 5.41) is 6.93. The minimum atomic E-state index is -1.53. The third-order valence-corrected chi connectivity index (χ3v) is 6.23. The van der Waals surface area contributed by atoms with Gasteiger partial charge in [-0.2, -0.15) is 5.10 Å². The molecule has 174 valence electrons. The Hall–Kier alpha value is -2.33. The minimum Gasteiger partial charge on any atom is -0.548 e. The Balaban J connectivity index is 2.10. The van der Waals surface area contributed by atoms with Gasteiger partial charge in [0.25, 0.3) is 0 Å². The quantitative estimate of drug-likeness (QED) is 0.105. The Morgan fingerprint density at radius 1 is 0.969 bits per heavy atom. The van der Waals surface area contributed by atoms with E-state index < -0.39 is 8.32 Å². The normalized spacial score (nSPS) is 13.7. The van der Waals surface area contributed by atoms with Crippen molar-refractivity contribution in [3.8, 4) is 0 Å². The molecule has 0 aliphatic heterocycles. The van der Waals surface area contributed by atoms with Crippen LogP contribution >= 0.6 is 0 Å². The van der Waals surface area contributed by atoms with Crippen LogP contribution in [-0.4, -0.2) is 33.1 Å². The van der Waals surface area contributed by atoms with Gasteiger partial charge in [0.15, 0.2) is 0 Å². The molecule has 0 fully saturated rings. The number of benzene rings is 2. The van der Waals surface area contributed by atoms with Crippen LogP contribution in [-0.2, 0) is 17.3 Å².